The number of pyridine rings is 1. The molecule has 0 bridgehead atoms. The van der Waals surface area contributed by atoms with Crippen LogP contribution in [0.5, 0.6) is 11.5 Å². The Morgan fingerprint density at radius 1 is 0.864 bits per heavy atom. The molecule has 1 aliphatic carbocycles. The molecule has 0 fully saturated rings. The van der Waals surface area contributed by atoms with Gasteiger partial charge in [0.1, 0.15) is 5.82 Å². The first-order valence-corrected chi connectivity index (χ1v) is 15.1. The molecular weight excluding hydrogens is 724 g/mol. The maximum absolute atomic E-state index is 6.47. The summed E-state index contributed by atoms with van der Waals surface area (Å²) in [6.45, 7) is 13.1. The molecule has 2 atom stereocenters. The largest absolute Gasteiger partial charge is 2.00 e. The van der Waals surface area contributed by atoms with Gasteiger partial charge in [-0.2, -0.15) is 16.7 Å². The fraction of sp³-hybridized carbons (Fsp3) is 0.263. The van der Waals surface area contributed by atoms with E-state index in [0.29, 0.717) is 23.3 Å². The Morgan fingerprint density at radius 2 is 1.68 bits per heavy atom. The average Bonchev–Trinajstić information content (AvgIpc) is 3.46. The Balaban J connectivity index is 0.00000343. The molecule has 224 valence electrons. The van der Waals surface area contributed by atoms with E-state index in [0.717, 1.165) is 56.6 Å². The van der Waals surface area contributed by atoms with Crippen molar-refractivity contribution < 1.29 is 25.8 Å². The van der Waals surface area contributed by atoms with Crippen LogP contribution in [0.25, 0.3) is 33.3 Å². The van der Waals surface area contributed by atoms with E-state index in [9.17, 15) is 0 Å². The van der Waals surface area contributed by atoms with Gasteiger partial charge >= 0.3 is 21.1 Å². The van der Waals surface area contributed by atoms with Crippen LogP contribution in [0.3, 0.4) is 0 Å². The standard InChI is InChI=1S/C38H36N4O.Pt/c1-23-16-17-39-36(20-23)41-34-13-8-7-12-32(34)33-15-14-30(22-35(33)41)43-31-19-24(2)18-29(21-31)42-28(6)38(27(5)40-42)37-25(3)10-9-11-26(37)4;/h7-8,10,12-20,26,37H,9,11H2,1-6H3;/q-2;+2/t26-,37?;/m0./s1. The Hall–Kier alpha value is -3.95. The third kappa shape index (κ3) is 5.22. The number of aryl methyl sites for hydroxylation is 3. The SMILES string of the molecule is CC1=CCC[C@H](C)C1c1c(C)nn(-c2[c-]c(Oc3[c-]c4c(cc3)c3ccccc3n4-c3cc(C)ccn3)cc(C)c2)c1C.[Pt+2]. The van der Waals surface area contributed by atoms with E-state index >= 15 is 0 Å². The number of allylic oxidation sites excluding steroid dienone is 2. The third-order valence-electron chi connectivity index (χ3n) is 8.92. The van der Waals surface area contributed by atoms with Crippen molar-refractivity contribution in [3.8, 4) is 23.0 Å². The number of aromatic nitrogens is 4. The molecule has 3 aromatic carbocycles. The third-order valence-corrected chi connectivity index (χ3v) is 8.92. The van der Waals surface area contributed by atoms with Gasteiger partial charge in [0, 0.05) is 40.4 Å². The number of para-hydroxylation sites is 1. The Morgan fingerprint density at radius 3 is 2.48 bits per heavy atom. The number of benzene rings is 3. The van der Waals surface area contributed by atoms with Gasteiger partial charge in [0.05, 0.1) is 5.69 Å². The number of fused-ring (bicyclic) bond motifs is 3. The summed E-state index contributed by atoms with van der Waals surface area (Å²) in [5.74, 6) is 3.12. The minimum absolute atomic E-state index is 0. The maximum Gasteiger partial charge on any atom is 2.00 e. The topological polar surface area (TPSA) is 44.9 Å². The fourth-order valence-corrected chi connectivity index (χ4v) is 6.93. The van der Waals surface area contributed by atoms with Crippen molar-refractivity contribution in [2.75, 3.05) is 0 Å². The van der Waals surface area contributed by atoms with E-state index in [1.54, 1.807) is 0 Å². The summed E-state index contributed by atoms with van der Waals surface area (Å²) in [7, 11) is 0. The molecule has 44 heavy (non-hydrogen) atoms. The van der Waals surface area contributed by atoms with Gasteiger partial charge in [-0.1, -0.05) is 49.2 Å². The molecule has 5 nitrogen and oxygen atoms in total. The number of hydrogen-bond acceptors (Lipinski definition) is 3. The second-order valence-electron chi connectivity index (χ2n) is 12.1. The summed E-state index contributed by atoms with van der Waals surface area (Å²) in [4.78, 5) is 4.70. The van der Waals surface area contributed by atoms with Crippen LogP contribution in [-0.4, -0.2) is 19.3 Å². The van der Waals surface area contributed by atoms with Crippen molar-refractivity contribution >= 4 is 21.8 Å². The van der Waals surface area contributed by atoms with Crippen molar-refractivity contribution in [3.05, 3.63) is 119 Å². The minimum atomic E-state index is 0. The second-order valence-corrected chi connectivity index (χ2v) is 12.1. The monoisotopic (exact) mass is 759 g/mol. The van der Waals surface area contributed by atoms with Crippen LogP contribution in [0.1, 0.15) is 60.7 Å². The first kappa shape index (κ1) is 30.1. The summed E-state index contributed by atoms with van der Waals surface area (Å²) in [5, 5.41) is 7.28. The molecule has 0 aliphatic heterocycles. The Kier molecular flexibility index (Phi) is 8.11. The van der Waals surface area contributed by atoms with Crippen LogP contribution in [0.4, 0.5) is 0 Å². The normalized spacial score (nSPS) is 16.6. The van der Waals surface area contributed by atoms with Gasteiger partial charge in [0.25, 0.3) is 0 Å². The summed E-state index contributed by atoms with van der Waals surface area (Å²) < 4.78 is 10.7. The molecule has 3 heterocycles. The molecule has 6 heteroatoms. The molecule has 1 unspecified atom stereocenters. The van der Waals surface area contributed by atoms with Crippen LogP contribution in [-0.2, 0) is 21.1 Å². The summed E-state index contributed by atoms with van der Waals surface area (Å²) in [6.07, 6.45) is 6.62. The zero-order valence-corrected chi connectivity index (χ0v) is 28.3. The number of hydrogen-bond donors (Lipinski definition) is 0. The van der Waals surface area contributed by atoms with Crippen molar-refractivity contribution in [3.63, 3.8) is 0 Å². The fourth-order valence-electron chi connectivity index (χ4n) is 6.93. The van der Waals surface area contributed by atoms with Gasteiger partial charge in [-0.3, -0.25) is 4.68 Å². The molecular formula is C38H36N4OPt. The van der Waals surface area contributed by atoms with E-state index in [1.165, 1.54) is 23.3 Å². The molecule has 7 rings (SSSR count). The summed E-state index contributed by atoms with van der Waals surface area (Å²) in [5.41, 5.74) is 10.2. The Bertz CT molecular complexity index is 2050. The smallest absolute Gasteiger partial charge is 0.509 e. The predicted octanol–water partition coefficient (Wildman–Crippen LogP) is 9.45. The number of ether oxygens (including phenoxy) is 1. The van der Waals surface area contributed by atoms with Crippen molar-refractivity contribution in [1.29, 1.82) is 0 Å². The molecule has 0 amide bonds. The molecule has 0 radical (unpaired) electrons. The van der Waals surface area contributed by atoms with E-state index in [1.807, 2.05) is 29.1 Å². The van der Waals surface area contributed by atoms with Crippen LogP contribution in [0, 0.1) is 45.7 Å². The van der Waals surface area contributed by atoms with E-state index in [4.69, 9.17) is 14.8 Å². The minimum Gasteiger partial charge on any atom is -0.509 e. The van der Waals surface area contributed by atoms with Gasteiger partial charge in [-0.15, -0.1) is 35.7 Å². The van der Waals surface area contributed by atoms with Crippen molar-refractivity contribution in [2.45, 2.75) is 60.3 Å². The molecule has 0 saturated carbocycles. The van der Waals surface area contributed by atoms with Crippen LogP contribution < -0.4 is 4.74 Å². The molecule has 0 N–H and O–H groups in total. The maximum atomic E-state index is 6.47. The van der Waals surface area contributed by atoms with E-state index in [-0.39, 0.29) is 21.1 Å². The zero-order chi connectivity index (χ0) is 29.8. The molecule has 0 saturated heterocycles. The first-order valence-electron chi connectivity index (χ1n) is 15.1. The van der Waals surface area contributed by atoms with E-state index < -0.39 is 0 Å². The van der Waals surface area contributed by atoms with Crippen molar-refractivity contribution in [1.82, 2.24) is 19.3 Å². The molecule has 6 aromatic rings. The molecule has 1 aliphatic rings. The van der Waals surface area contributed by atoms with Gasteiger partial charge in [0.15, 0.2) is 0 Å². The van der Waals surface area contributed by atoms with Crippen molar-refractivity contribution in [2.24, 2.45) is 5.92 Å². The molecule has 3 aromatic heterocycles. The number of rotatable bonds is 5. The first-order chi connectivity index (χ1) is 20.8. The van der Waals surface area contributed by atoms with Gasteiger partial charge in [-0.05, 0) is 81.3 Å². The van der Waals surface area contributed by atoms with Crippen LogP contribution >= 0.6 is 0 Å². The number of nitrogens with zero attached hydrogens (tertiary/aromatic N) is 4. The molecule has 0 spiro atoms. The quantitative estimate of drug-likeness (QED) is 0.130. The zero-order valence-electron chi connectivity index (χ0n) is 26.0. The second kappa shape index (κ2) is 11.9. The van der Waals surface area contributed by atoms with Gasteiger partial charge < -0.3 is 9.30 Å². The predicted molar refractivity (Wildman–Crippen MR) is 174 cm³/mol. The average molecular weight is 760 g/mol. The van der Waals surface area contributed by atoms with Gasteiger partial charge in [0.2, 0.25) is 0 Å². The van der Waals surface area contributed by atoms with Gasteiger partial charge in [-0.25, -0.2) is 4.98 Å². The summed E-state index contributed by atoms with van der Waals surface area (Å²) >= 11 is 0. The van der Waals surface area contributed by atoms with Crippen LogP contribution in [0.2, 0.25) is 0 Å². The summed E-state index contributed by atoms with van der Waals surface area (Å²) in [6, 6.07) is 27.8. The van der Waals surface area contributed by atoms with E-state index in [2.05, 4.69) is 107 Å². The van der Waals surface area contributed by atoms with Crippen LogP contribution in [0.15, 0.2) is 78.5 Å². The Labute approximate surface area is 273 Å².